The number of phenolic OH excluding ortho intramolecular Hbond substituents is 1. The van der Waals surface area contributed by atoms with Gasteiger partial charge in [0.05, 0.1) is 13.2 Å². The van der Waals surface area contributed by atoms with Crippen molar-refractivity contribution in [3.05, 3.63) is 36.4 Å². The summed E-state index contributed by atoms with van der Waals surface area (Å²) < 4.78 is 5.15. The van der Waals surface area contributed by atoms with Gasteiger partial charge >= 0.3 is 0 Å². The molecule has 0 bridgehead atoms. The molecule has 98 valence electrons. The number of methoxy groups -OCH3 is 1. The van der Waals surface area contributed by atoms with Gasteiger partial charge in [-0.2, -0.15) is 0 Å². The van der Waals surface area contributed by atoms with Crippen molar-refractivity contribution in [2.75, 3.05) is 33.3 Å². The Morgan fingerprint density at radius 3 is 2.78 bits per heavy atom. The molecule has 0 spiro atoms. The van der Waals surface area contributed by atoms with Gasteiger partial charge in [-0.1, -0.05) is 12.1 Å². The van der Waals surface area contributed by atoms with Crippen LogP contribution in [0.25, 0.3) is 0 Å². The SMILES string of the molecule is C=C[C@H](c1ccc(O)c(OC)c1)N1CCNCC1. The standard InChI is InChI=1S/C14H20N2O2/c1-3-12(16-8-6-15-7-9-16)11-4-5-13(17)14(10-11)18-2/h3-5,10,12,15,17H,1,6-9H2,2H3/t12-/m1/s1. The Labute approximate surface area is 108 Å². The zero-order valence-corrected chi connectivity index (χ0v) is 10.7. The highest BCUT2D eigenvalue weighted by molar-refractivity contribution is 5.43. The molecule has 1 fully saturated rings. The highest BCUT2D eigenvalue weighted by atomic mass is 16.5. The Kier molecular flexibility index (Phi) is 4.23. The zero-order chi connectivity index (χ0) is 13.0. The molecule has 0 aliphatic carbocycles. The maximum atomic E-state index is 9.63. The Hall–Kier alpha value is -1.52. The molecule has 18 heavy (non-hydrogen) atoms. The lowest BCUT2D eigenvalue weighted by Crippen LogP contribution is -2.44. The lowest BCUT2D eigenvalue weighted by atomic mass is 10.0. The van der Waals surface area contributed by atoms with Crippen molar-refractivity contribution in [3.8, 4) is 11.5 Å². The summed E-state index contributed by atoms with van der Waals surface area (Å²) in [5.74, 6) is 0.679. The Bertz CT molecular complexity index is 414. The number of nitrogens with zero attached hydrogens (tertiary/aromatic N) is 1. The van der Waals surface area contributed by atoms with Gasteiger partial charge in [-0.15, -0.1) is 6.58 Å². The molecule has 1 saturated heterocycles. The third-order valence-electron chi connectivity index (χ3n) is 3.31. The second-order valence-electron chi connectivity index (χ2n) is 4.40. The van der Waals surface area contributed by atoms with Crippen molar-refractivity contribution in [2.24, 2.45) is 0 Å². The van der Waals surface area contributed by atoms with Crippen LogP contribution < -0.4 is 10.1 Å². The van der Waals surface area contributed by atoms with Crippen LogP contribution in [-0.4, -0.2) is 43.3 Å². The predicted molar refractivity (Wildman–Crippen MR) is 72.0 cm³/mol. The van der Waals surface area contributed by atoms with E-state index in [-0.39, 0.29) is 11.8 Å². The Morgan fingerprint density at radius 2 is 2.17 bits per heavy atom. The first kappa shape index (κ1) is 12.9. The van der Waals surface area contributed by atoms with Gasteiger partial charge in [0.15, 0.2) is 11.5 Å². The van der Waals surface area contributed by atoms with Gasteiger partial charge < -0.3 is 15.2 Å². The second kappa shape index (κ2) is 5.89. The molecule has 2 rings (SSSR count). The van der Waals surface area contributed by atoms with E-state index in [2.05, 4.69) is 16.8 Å². The van der Waals surface area contributed by atoms with E-state index < -0.39 is 0 Å². The van der Waals surface area contributed by atoms with Crippen LogP contribution >= 0.6 is 0 Å². The molecule has 4 nitrogen and oxygen atoms in total. The van der Waals surface area contributed by atoms with Crippen molar-refractivity contribution in [1.29, 1.82) is 0 Å². The molecule has 1 atom stereocenters. The maximum Gasteiger partial charge on any atom is 0.160 e. The molecule has 4 heteroatoms. The fourth-order valence-corrected chi connectivity index (χ4v) is 2.33. The van der Waals surface area contributed by atoms with E-state index in [1.165, 1.54) is 0 Å². The summed E-state index contributed by atoms with van der Waals surface area (Å²) in [5, 5.41) is 13.0. The number of piperazine rings is 1. The van der Waals surface area contributed by atoms with Crippen LogP contribution in [-0.2, 0) is 0 Å². The number of phenols is 1. The molecular weight excluding hydrogens is 228 g/mol. The van der Waals surface area contributed by atoms with Crippen LogP contribution in [0.5, 0.6) is 11.5 Å². The van der Waals surface area contributed by atoms with Crippen LogP contribution in [0.4, 0.5) is 0 Å². The van der Waals surface area contributed by atoms with Gasteiger partial charge in [0.25, 0.3) is 0 Å². The number of rotatable bonds is 4. The summed E-state index contributed by atoms with van der Waals surface area (Å²) in [5.41, 5.74) is 1.10. The van der Waals surface area contributed by atoms with E-state index in [9.17, 15) is 5.11 Å². The first-order valence-electron chi connectivity index (χ1n) is 6.20. The molecule has 2 N–H and O–H groups in total. The topological polar surface area (TPSA) is 44.7 Å². The Morgan fingerprint density at radius 1 is 1.44 bits per heavy atom. The average Bonchev–Trinajstić information content (AvgIpc) is 2.42. The number of ether oxygens (including phenoxy) is 1. The minimum atomic E-state index is 0.168. The van der Waals surface area contributed by atoms with Crippen molar-refractivity contribution in [2.45, 2.75) is 6.04 Å². The molecule has 0 aromatic heterocycles. The summed E-state index contributed by atoms with van der Waals surface area (Å²) in [7, 11) is 1.56. The van der Waals surface area contributed by atoms with Crippen LogP contribution in [0.1, 0.15) is 11.6 Å². The quantitative estimate of drug-likeness (QED) is 0.793. The fourth-order valence-electron chi connectivity index (χ4n) is 2.33. The summed E-state index contributed by atoms with van der Waals surface area (Å²) in [6, 6.07) is 5.64. The smallest absolute Gasteiger partial charge is 0.160 e. The molecule has 1 aromatic carbocycles. The van der Waals surface area contributed by atoms with Gasteiger partial charge in [0.2, 0.25) is 0 Å². The predicted octanol–water partition coefficient (Wildman–Crippen LogP) is 1.53. The lowest BCUT2D eigenvalue weighted by molar-refractivity contribution is 0.203. The van der Waals surface area contributed by atoms with Gasteiger partial charge in [-0.05, 0) is 17.7 Å². The van der Waals surface area contributed by atoms with Gasteiger partial charge in [0.1, 0.15) is 0 Å². The summed E-state index contributed by atoms with van der Waals surface area (Å²) in [4.78, 5) is 2.37. The maximum absolute atomic E-state index is 9.63. The zero-order valence-electron chi connectivity index (χ0n) is 10.7. The molecule has 1 aliphatic rings. The van der Waals surface area contributed by atoms with Crippen LogP contribution in [0.2, 0.25) is 0 Å². The van der Waals surface area contributed by atoms with Gasteiger partial charge in [-0.25, -0.2) is 0 Å². The molecule has 1 aliphatic heterocycles. The Balaban J connectivity index is 2.23. The largest absolute Gasteiger partial charge is 0.504 e. The normalized spacial score (nSPS) is 18.3. The van der Waals surface area contributed by atoms with Gasteiger partial charge in [-0.3, -0.25) is 4.90 Å². The molecule has 1 aromatic rings. The van der Waals surface area contributed by atoms with Crippen molar-refractivity contribution >= 4 is 0 Å². The highest BCUT2D eigenvalue weighted by Gasteiger charge is 2.20. The van der Waals surface area contributed by atoms with E-state index in [1.807, 2.05) is 18.2 Å². The first-order chi connectivity index (χ1) is 8.76. The van der Waals surface area contributed by atoms with E-state index in [1.54, 1.807) is 13.2 Å². The minimum absolute atomic E-state index is 0.168. The summed E-state index contributed by atoms with van der Waals surface area (Å²) >= 11 is 0. The van der Waals surface area contributed by atoms with E-state index in [4.69, 9.17) is 4.74 Å². The van der Waals surface area contributed by atoms with Crippen LogP contribution in [0.3, 0.4) is 0 Å². The number of aromatic hydroxyl groups is 1. The van der Waals surface area contributed by atoms with Gasteiger partial charge in [0, 0.05) is 26.2 Å². The molecule has 0 radical (unpaired) electrons. The number of hydrogen-bond donors (Lipinski definition) is 2. The molecule has 1 heterocycles. The van der Waals surface area contributed by atoms with Crippen LogP contribution in [0.15, 0.2) is 30.9 Å². The molecule has 0 unspecified atom stereocenters. The first-order valence-corrected chi connectivity index (χ1v) is 6.20. The average molecular weight is 248 g/mol. The lowest BCUT2D eigenvalue weighted by Gasteiger charge is -2.33. The molecular formula is C14H20N2O2. The van der Waals surface area contributed by atoms with E-state index >= 15 is 0 Å². The molecule has 0 amide bonds. The fraction of sp³-hybridized carbons (Fsp3) is 0.429. The third-order valence-corrected chi connectivity index (χ3v) is 3.31. The van der Waals surface area contributed by atoms with Crippen molar-refractivity contribution in [3.63, 3.8) is 0 Å². The number of benzene rings is 1. The number of hydrogen-bond acceptors (Lipinski definition) is 4. The summed E-state index contributed by atoms with van der Waals surface area (Å²) in [6.45, 7) is 7.92. The second-order valence-corrected chi connectivity index (χ2v) is 4.40. The monoisotopic (exact) mass is 248 g/mol. The van der Waals surface area contributed by atoms with E-state index in [0.717, 1.165) is 31.7 Å². The summed E-state index contributed by atoms with van der Waals surface area (Å²) in [6.07, 6.45) is 1.94. The number of nitrogens with one attached hydrogen (secondary N) is 1. The molecule has 0 saturated carbocycles. The van der Waals surface area contributed by atoms with E-state index in [0.29, 0.717) is 5.75 Å². The minimum Gasteiger partial charge on any atom is -0.504 e. The van der Waals surface area contributed by atoms with Crippen molar-refractivity contribution in [1.82, 2.24) is 10.2 Å². The van der Waals surface area contributed by atoms with Crippen molar-refractivity contribution < 1.29 is 9.84 Å². The highest BCUT2D eigenvalue weighted by Crippen LogP contribution is 2.31. The van der Waals surface area contributed by atoms with Crippen LogP contribution in [0, 0.1) is 0 Å². The third kappa shape index (κ3) is 2.66.